The third-order valence-corrected chi connectivity index (χ3v) is 5.76. The molecule has 130 valence electrons. The van der Waals surface area contributed by atoms with Crippen LogP contribution in [0.15, 0.2) is 47.8 Å². The zero-order chi connectivity index (χ0) is 17.2. The Hall–Kier alpha value is -2.11. The van der Waals surface area contributed by atoms with Crippen molar-refractivity contribution in [3.05, 3.63) is 64.1 Å². The second-order valence-corrected chi connectivity index (χ2v) is 7.64. The molecule has 0 aliphatic carbocycles. The van der Waals surface area contributed by atoms with Crippen molar-refractivity contribution in [3.63, 3.8) is 0 Å². The number of thiophene rings is 1. The van der Waals surface area contributed by atoms with Crippen LogP contribution in [-0.2, 0) is 6.54 Å². The molecule has 0 amide bonds. The molecule has 1 aromatic carbocycles. The molecule has 3 heterocycles. The molecule has 0 atom stereocenters. The summed E-state index contributed by atoms with van der Waals surface area (Å²) in [4.78, 5) is 6.51. The molecule has 0 radical (unpaired) electrons. The number of nitrogens with zero attached hydrogens (tertiary/aromatic N) is 4. The topological polar surface area (TPSA) is 24.3 Å². The molecule has 0 saturated carbocycles. The lowest BCUT2D eigenvalue weighted by molar-refractivity contribution is 0.252. The maximum atomic E-state index is 4.80. The van der Waals surface area contributed by atoms with Crippen LogP contribution in [0.5, 0.6) is 0 Å². The van der Waals surface area contributed by atoms with Crippen molar-refractivity contribution in [1.29, 1.82) is 0 Å². The molecular formula is C20H24N4S. The molecule has 4 nitrogen and oxygen atoms in total. The standard InChI is InChI=1S/C20H24N4S/c1-16-20(17(2)24(21-16)18-7-4-3-5-8-18)23-12-10-22(11-13-23)15-19-9-6-14-25-19/h3-9,14H,10-13,15H2,1-2H3. The normalized spacial score (nSPS) is 15.7. The van der Waals surface area contributed by atoms with Gasteiger partial charge in [0.25, 0.3) is 0 Å². The lowest BCUT2D eigenvalue weighted by Crippen LogP contribution is -2.46. The van der Waals surface area contributed by atoms with Crippen LogP contribution in [0.2, 0.25) is 0 Å². The highest BCUT2D eigenvalue weighted by Crippen LogP contribution is 2.28. The summed E-state index contributed by atoms with van der Waals surface area (Å²) in [5, 5.41) is 6.96. The average Bonchev–Trinajstić information content (AvgIpc) is 3.25. The molecule has 1 aliphatic rings. The van der Waals surface area contributed by atoms with Crippen LogP contribution >= 0.6 is 11.3 Å². The van der Waals surface area contributed by atoms with Gasteiger partial charge in [-0.3, -0.25) is 4.90 Å². The molecule has 0 bridgehead atoms. The van der Waals surface area contributed by atoms with Gasteiger partial charge in [-0.25, -0.2) is 4.68 Å². The van der Waals surface area contributed by atoms with E-state index in [1.807, 2.05) is 17.4 Å². The fraction of sp³-hybridized carbons (Fsp3) is 0.350. The Morgan fingerprint density at radius 2 is 1.72 bits per heavy atom. The van der Waals surface area contributed by atoms with E-state index in [0.29, 0.717) is 0 Å². The van der Waals surface area contributed by atoms with E-state index in [9.17, 15) is 0 Å². The Bertz CT molecular complexity index is 815. The molecule has 3 aromatic rings. The van der Waals surface area contributed by atoms with E-state index in [4.69, 9.17) is 5.10 Å². The van der Waals surface area contributed by atoms with Crippen LogP contribution in [0.25, 0.3) is 5.69 Å². The molecule has 1 aliphatic heterocycles. The number of hydrogen-bond donors (Lipinski definition) is 0. The highest BCUT2D eigenvalue weighted by molar-refractivity contribution is 7.09. The Kier molecular flexibility index (Phi) is 4.59. The van der Waals surface area contributed by atoms with Gasteiger partial charge < -0.3 is 4.90 Å². The fourth-order valence-corrected chi connectivity index (χ4v) is 4.41. The molecule has 2 aromatic heterocycles. The largest absolute Gasteiger partial charge is 0.366 e. The van der Waals surface area contributed by atoms with Gasteiger partial charge in [-0.1, -0.05) is 24.3 Å². The van der Waals surface area contributed by atoms with Crippen molar-refractivity contribution < 1.29 is 0 Å². The number of rotatable bonds is 4. The number of aryl methyl sites for hydroxylation is 1. The first-order valence-corrected chi connectivity index (χ1v) is 9.71. The minimum atomic E-state index is 1.06. The van der Waals surface area contributed by atoms with Crippen LogP contribution in [0.3, 0.4) is 0 Å². The monoisotopic (exact) mass is 352 g/mol. The van der Waals surface area contributed by atoms with Crippen molar-refractivity contribution in [2.75, 3.05) is 31.1 Å². The third-order valence-electron chi connectivity index (χ3n) is 4.90. The van der Waals surface area contributed by atoms with E-state index in [1.54, 1.807) is 0 Å². The van der Waals surface area contributed by atoms with E-state index in [-0.39, 0.29) is 0 Å². The number of anilines is 1. The first-order chi connectivity index (χ1) is 12.2. The summed E-state index contributed by atoms with van der Waals surface area (Å²) in [7, 11) is 0. The lowest BCUT2D eigenvalue weighted by atomic mass is 10.2. The quantitative estimate of drug-likeness (QED) is 0.712. The van der Waals surface area contributed by atoms with Crippen LogP contribution in [0, 0.1) is 13.8 Å². The number of benzene rings is 1. The van der Waals surface area contributed by atoms with Gasteiger partial charge in [0.05, 0.1) is 22.8 Å². The summed E-state index contributed by atoms with van der Waals surface area (Å²) >= 11 is 1.85. The Morgan fingerprint density at radius 3 is 2.40 bits per heavy atom. The van der Waals surface area contributed by atoms with Gasteiger partial charge in [0, 0.05) is 37.6 Å². The summed E-state index contributed by atoms with van der Waals surface area (Å²) in [5.74, 6) is 0. The van der Waals surface area contributed by atoms with Gasteiger partial charge in [-0.15, -0.1) is 11.3 Å². The maximum absolute atomic E-state index is 4.80. The average molecular weight is 353 g/mol. The predicted molar refractivity (Wildman–Crippen MR) is 105 cm³/mol. The van der Waals surface area contributed by atoms with Gasteiger partial charge in [0.2, 0.25) is 0 Å². The molecule has 1 saturated heterocycles. The lowest BCUT2D eigenvalue weighted by Gasteiger charge is -2.36. The van der Waals surface area contributed by atoms with Crippen LogP contribution in [0.1, 0.15) is 16.3 Å². The zero-order valence-electron chi connectivity index (χ0n) is 14.9. The summed E-state index contributed by atoms with van der Waals surface area (Å²) < 4.78 is 2.07. The fourth-order valence-electron chi connectivity index (χ4n) is 3.67. The third kappa shape index (κ3) is 3.34. The Labute approximate surface area is 153 Å². The highest BCUT2D eigenvalue weighted by atomic mass is 32.1. The van der Waals surface area contributed by atoms with Crippen LogP contribution < -0.4 is 4.90 Å². The number of aromatic nitrogens is 2. The summed E-state index contributed by atoms with van der Waals surface area (Å²) in [6.07, 6.45) is 0. The van der Waals surface area contributed by atoms with E-state index < -0.39 is 0 Å². The molecule has 0 N–H and O–H groups in total. The molecule has 1 fully saturated rings. The molecule has 0 spiro atoms. The van der Waals surface area contributed by atoms with Crippen molar-refractivity contribution in [2.24, 2.45) is 0 Å². The second kappa shape index (κ2) is 7.02. The molecular weight excluding hydrogens is 328 g/mol. The van der Waals surface area contributed by atoms with Crippen LogP contribution in [-0.4, -0.2) is 40.9 Å². The number of hydrogen-bond acceptors (Lipinski definition) is 4. The summed E-state index contributed by atoms with van der Waals surface area (Å²) in [5.41, 5.74) is 4.79. The second-order valence-electron chi connectivity index (χ2n) is 6.61. The van der Waals surface area contributed by atoms with E-state index in [0.717, 1.165) is 44.1 Å². The van der Waals surface area contributed by atoms with Gasteiger partial charge in [-0.05, 0) is 37.4 Å². The molecule has 5 heteroatoms. The van der Waals surface area contributed by atoms with Crippen LogP contribution in [0.4, 0.5) is 5.69 Å². The van der Waals surface area contributed by atoms with Crippen molar-refractivity contribution in [3.8, 4) is 5.69 Å². The van der Waals surface area contributed by atoms with Gasteiger partial charge in [0.1, 0.15) is 0 Å². The highest BCUT2D eigenvalue weighted by Gasteiger charge is 2.23. The first kappa shape index (κ1) is 16.4. The van der Waals surface area contributed by atoms with Gasteiger partial charge >= 0.3 is 0 Å². The van der Waals surface area contributed by atoms with Crippen molar-refractivity contribution in [2.45, 2.75) is 20.4 Å². The Balaban J connectivity index is 1.49. The minimum Gasteiger partial charge on any atom is -0.366 e. The molecule has 25 heavy (non-hydrogen) atoms. The maximum Gasteiger partial charge on any atom is 0.0834 e. The van der Waals surface area contributed by atoms with E-state index >= 15 is 0 Å². The summed E-state index contributed by atoms with van der Waals surface area (Å²) in [6, 6.07) is 14.8. The molecule has 4 rings (SSSR count). The minimum absolute atomic E-state index is 1.06. The van der Waals surface area contributed by atoms with Crippen molar-refractivity contribution >= 4 is 17.0 Å². The van der Waals surface area contributed by atoms with E-state index in [1.165, 1.54) is 16.3 Å². The van der Waals surface area contributed by atoms with E-state index in [2.05, 4.69) is 70.1 Å². The smallest absolute Gasteiger partial charge is 0.0834 e. The molecule has 0 unspecified atom stereocenters. The number of piperazine rings is 1. The first-order valence-electron chi connectivity index (χ1n) is 8.83. The Morgan fingerprint density at radius 1 is 0.960 bits per heavy atom. The van der Waals surface area contributed by atoms with Gasteiger partial charge in [0.15, 0.2) is 0 Å². The summed E-state index contributed by atoms with van der Waals surface area (Å²) in [6.45, 7) is 9.72. The van der Waals surface area contributed by atoms with Gasteiger partial charge in [-0.2, -0.15) is 5.10 Å². The number of para-hydroxylation sites is 1. The predicted octanol–water partition coefficient (Wildman–Crippen LogP) is 3.87. The SMILES string of the molecule is Cc1nn(-c2ccccc2)c(C)c1N1CCN(Cc2cccs2)CC1. The zero-order valence-corrected chi connectivity index (χ0v) is 15.7. The van der Waals surface area contributed by atoms with Crippen molar-refractivity contribution in [1.82, 2.24) is 14.7 Å².